The highest BCUT2D eigenvalue weighted by molar-refractivity contribution is 5.88. The third-order valence-corrected chi connectivity index (χ3v) is 6.57. The van der Waals surface area contributed by atoms with Crippen LogP contribution in [0.4, 0.5) is 13.2 Å². The Bertz CT molecular complexity index is 718. The van der Waals surface area contributed by atoms with Gasteiger partial charge < -0.3 is 14.6 Å². The largest absolute Gasteiger partial charge is 0.478 e. The summed E-state index contributed by atoms with van der Waals surface area (Å²) in [5.74, 6) is 0.680. The molecule has 154 valence electrons. The summed E-state index contributed by atoms with van der Waals surface area (Å²) in [4.78, 5) is 11.2. The summed E-state index contributed by atoms with van der Waals surface area (Å²) in [5, 5.41) is 9.13. The topological polar surface area (TPSA) is 55.8 Å². The molecule has 1 atom stereocenters. The van der Waals surface area contributed by atoms with Gasteiger partial charge in [-0.1, -0.05) is 6.92 Å². The molecule has 0 saturated heterocycles. The van der Waals surface area contributed by atoms with E-state index in [1.165, 1.54) is 6.42 Å². The van der Waals surface area contributed by atoms with Gasteiger partial charge in [-0.05, 0) is 74.0 Å². The first kappa shape index (κ1) is 19.6. The molecule has 1 aromatic rings. The van der Waals surface area contributed by atoms with Gasteiger partial charge in [0, 0.05) is 6.42 Å². The van der Waals surface area contributed by atoms with Gasteiger partial charge >= 0.3 is 12.1 Å². The fourth-order valence-corrected chi connectivity index (χ4v) is 5.61. The molecule has 1 unspecified atom stereocenters. The van der Waals surface area contributed by atoms with E-state index < -0.39 is 29.7 Å². The number of carbonyl (C=O) groups is 1. The summed E-state index contributed by atoms with van der Waals surface area (Å²) in [6, 6.07) is 2.64. The van der Waals surface area contributed by atoms with Crippen LogP contribution in [0.2, 0.25) is 0 Å². The molecule has 5 rings (SSSR count). The number of halogens is 3. The van der Waals surface area contributed by atoms with Crippen LogP contribution >= 0.6 is 0 Å². The van der Waals surface area contributed by atoms with Crippen LogP contribution in [0.15, 0.2) is 18.2 Å². The molecule has 4 aliphatic rings. The fraction of sp³-hybridized carbons (Fsp3) is 0.667. The maximum Gasteiger partial charge on any atom is 0.419 e. The van der Waals surface area contributed by atoms with Crippen molar-refractivity contribution in [2.45, 2.75) is 64.0 Å². The fourth-order valence-electron chi connectivity index (χ4n) is 5.61. The first-order valence-corrected chi connectivity index (χ1v) is 10.0. The Labute approximate surface area is 162 Å². The lowest BCUT2D eigenvalue weighted by molar-refractivity contribution is -0.200. The minimum absolute atomic E-state index is 0.0229. The van der Waals surface area contributed by atoms with Crippen molar-refractivity contribution in [1.29, 1.82) is 0 Å². The van der Waals surface area contributed by atoms with Crippen molar-refractivity contribution in [3.63, 3.8) is 0 Å². The van der Waals surface area contributed by atoms with Crippen molar-refractivity contribution in [2.24, 2.45) is 23.7 Å². The molecule has 0 spiro atoms. The van der Waals surface area contributed by atoms with Crippen LogP contribution in [0.5, 0.6) is 5.75 Å². The van der Waals surface area contributed by atoms with Crippen LogP contribution in [0.25, 0.3) is 0 Å². The first-order chi connectivity index (χ1) is 13.2. The first-order valence-electron chi connectivity index (χ1n) is 10.0. The van der Waals surface area contributed by atoms with Crippen LogP contribution < -0.4 is 4.74 Å². The number of aromatic carboxylic acids is 1. The molecule has 1 N–H and O–H groups in total. The van der Waals surface area contributed by atoms with Crippen molar-refractivity contribution in [3.05, 3.63) is 29.3 Å². The lowest BCUT2D eigenvalue weighted by Gasteiger charge is -2.54. The predicted molar refractivity (Wildman–Crippen MR) is 95.0 cm³/mol. The zero-order valence-electron chi connectivity index (χ0n) is 15.7. The average molecular weight is 398 g/mol. The number of benzene rings is 1. The molecule has 4 aliphatic carbocycles. The molecule has 4 nitrogen and oxygen atoms in total. The number of ether oxygens (including phenoxy) is 2. The summed E-state index contributed by atoms with van der Waals surface area (Å²) in [6.45, 7) is 1.80. The third-order valence-electron chi connectivity index (χ3n) is 6.57. The molecule has 0 aliphatic heterocycles. The second-order valence-corrected chi connectivity index (χ2v) is 8.50. The van der Waals surface area contributed by atoms with Crippen molar-refractivity contribution in [3.8, 4) is 5.75 Å². The molecule has 0 aromatic heterocycles. The van der Waals surface area contributed by atoms with Crippen LogP contribution in [-0.4, -0.2) is 23.5 Å². The number of hydrogen-bond acceptors (Lipinski definition) is 3. The molecule has 4 saturated carbocycles. The smallest absolute Gasteiger partial charge is 0.419 e. The number of carboxylic acid groups (broad SMARTS) is 1. The number of alkyl halides is 3. The minimum atomic E-state index is -4.63. The van der Waals surface area contributed by atoms with Crippen molar-refractivity contribution >= 4 is 5.97 Å². The second kappa shape index (κ2) is 7.25. The predicted octanol–water partition coefficient (Wildman–Crippen LogP) is 5.36. The molecule has 0 radical (unpaired) electrons. The van der Waals surface area contributed by atoms with E-state index in [4.69, 9.17) is 14.6 Å². The molecule has 4 fully saturated rings. The molecular formula is C21H25F3O4. The molecule has 7 heteroatoms. The normalized spacial score (nSPS) is 32.4. The molecule has 4 bridgehead atoms. The maximum atomic E-state index is 13.4. The highest BCUT2D eigenvalue weighted by Gasteiger charge is 2.49. The van der Waals surface area contributed by atoms with Crippen molar-refractivity contribution in [2.75, 3.05) is 0 Å². The van der Waals surface area contributed by atoms with Crippen LogP contribution in [0.1, 0.15) is 61.4 Å². The van der Waals surface area contributed by atoms with E-state index in [1.807, 2.05) is 0 Å². The Kier molecular flexibility index (Phi) is 5.06. The summed E-state index contributed by atoms with van der Waals surface area (Å²) >= 11 is 0. The quantitative estimate of drug-likeness (QED) is 0.656. The monoisotopic (exact) mass is 398 g/mol. The Morgan fingerprint density at radius 1 is 1.14 bits per heavy atom. The van der Waals surface area contributed by atoms with E-state index in [9.17, 15) is 18.0 Å². The Morgan fingerprint density at radius 2 is 1.75 bits per heavy atom. The van der Waals surface area contributed by atoms with Gasteiger partial charge in [0.25, 0.3) is 0 Å². The molecule has 0 amide bonds. The molecule has 0 heterocycles. The van der Waals surface area contributed by atoms with Crippen molar-refractivity contribution in [1.82, 2.24) is 0 Å². The minimum Gasteiger partial charge on any atom is -0.478 e. The zero-order chi connectivity index (χ0) is 20.1. The van der Waals surface area contributed by atoms with E-state index in [0.717, 1.165) is 55.7 Å². The number of rotatable bonds is 6. The maximum absolute atomic E-state index is 13.4. The summed E-state index contributed by atoms with van der Waals surface area (Å²) in [6.07, 6.45) is 0.802. The van der Waals surface area contributed by atoms with Gasteiger partial charge in [0.2, 0.25) is 0 Å². The standard InChI is InChI=1S/C21H25F3O4/c1-2-18(28-19-14-6-11-5-12(8-14)9-15(19)7-11)27-17-10-13(20(25)26)3-4-16(17)21(22,23)24/h3-4,10-12,14-15,18-19H,2,5-9H2,1H3,(H,25,26). The summed E-state index contributed by atoms with van der Waals surface area (Å²) in [7, 11) is 0. The van der Waals surface area contributed by atoms with Gasteiger partial charge in [-0.3, -0.25) is 0 Å². The van der Waals surface area contributed by atoms with Gasteiger partial charge in [-0.2, -0.15) is 13.2 Å². The SMILES string of the molecule is CCC(Oc1cc(C(=O)O)ccc1C(F)(F)F)OC1C2CC3CC(C2)CC1C3. The van der Waals surface area contributed by atoms with E-state index in [0.29, 0.717) is 18.3 Å². The highest BCUT2D eigenvalue weighted by Crippen LogP contribution is 2.55. The van der Waals surface area contributed by atoms with Crippen LogP contribution in [0.3, 0.4) is 0 Å². The van der Waals surface area contributed by atoms with E-state index >= 15 is 0 Å². The summed E-state index contributed by atoms with van der Waals surface area (Å²) < 4.78 is 51.9. The Hall–Kier alpha value is -1.76. The van der Waals surface area contributed by atoms with Crippen LogP contribution in [0, 0.1) is 23.7 Å². The van der Waals surface area contributed by atoms with Gasteiger partial charge in [0.05, 0.1) is 17.2 Å². The molecule has 28 heavy (non-hydrogen) atoms. The number of hydrogen-bond donors (Lipinski definition) is 1. The Morgan fingerprint density at radius 3 is 2.25 bits per heavy atom. The summed E-state index contributed by atoms with van der Waals surface area (Å²) in [5.41, 5.74) is -1.22. The zero-order valence-corrected chi connectivity index (χ0v) is 15.7. The van der Waals surface area contributed by atoms with Gasteiger partial charge in [-0.25, -0.2) is 4.79 Å². The Balaban J connectivity index is 1.53. The number of carboxylic acids is 1. The van der Waals surface area contributed by atoms with Gasteiger partial charge in [0.1, 0.15) is 5.75 Å². The highest BCUT2D eigenvalue weighted by atomic mass is 19.4. The molecular weight excluding hydrogens is 373 g/mol. The van der Waals surface area contributed by atoms with E-state index in [1.54, 1.807) is 6.92 Å². The van der Waals surface area contributed by atoms with E-state index in [2.05, 4.69) is 0 Å². The van der Waals surface area contributed by atoms with Gasteiger partial charge in [0.15, 0.2) is 6.29 Å². The van der Waals surface area contributed by atoms with Crippen molar-refractivity contribution < 1.29 is 32.5 Å². The lowest BCUT2D eigenvalue weighted by atomic mass is 9.55. The second-order valence-electron chi connectivity index (χ2n) is 8.50. The molecule has 1 aromatic carbocycles. The third kappa shape index (κ3) is 3.73. The van der Waals surface area contributed by atoms with Gasteiger partial charge in [-0.15, -0.1) is 0 Å². The average Bonchev–Trinajstić information content (AvgIpc) is 2.62. The lowest BCUT2D eigenvalue weighted by Crippen LogP contribution is -2.51. The van der Waals surface area contributed by atoms with E-state index in [-0.39, 0.29) is 11.7 Å². The van der Waals surface area contributed by atoms with Crippen LogP contribution in [-0.2, 0) is 10.9 Å².